The molecule has 0 spiro atoms. The fraction of sp³-hybridized carbons (Fsp3) is 0. The highest BCUT2D eigenvalue weighted by Gasteiger charge is 2.16. The van der Waals surface area contributed by atoms with Gasteiger partial charge in [0.15, 0.2) is 0 Å². The van der Waals surface area contributed by atoms with Gasteiger partial charge < -0.3 is 10.2 Å². The van der Waals surface area contributed by atoms with Crippen molar-refractivity contribution in [1.29, 1.82) is 0 Å². The molecule has 162 valence electrons. The Bertz CT molecular complexity index is 1330. The number of nitrogens with zero attached hydrogens (tertiary/aromatic N) is 2. The SMILES string of the molecule is O=C(O)/C=C/c1ccc(-c2ncn(-c3ccccc3)c2-c2ccc(/C=C/C(=O)O)cc2)cc1. The normalized spacial score (nSPS) is 11.3. The van der Waals surface area contributed by atoms with E-state index in [1.807, 2.05) is 83.4 Å². The molecule has 0 unspecified atom stereocenters. The molecule has 0 atom stereocenters. The number of hydrogen-bond donors (Lipinski definition) is 2. The number of aliphatic carboxylic acids is 2. The van der Waals surface area contributed by atoms with Gasteiger partial charge in [-0.25, -0.2) is 14.6 Å². The van der Waals surface area contributed by atoms with Gasteiger partial charge in [-0.2, -0.15) is 0 Å². The van der Waals surface area contributed by atoms with Crippen LogP contribution in [-0.2, 0) is 9.59 Å². The highest BCUT2D eigenvalue weighted by molar-refractivity contribution is 5.87. The number of para-hydroxylation sites is 1. The number of imidazole rings is 1. The van der Waals surface area contributed by atoms with Gasteiger partial charge in [0.25, 0.3) is 0 Å². The molecule has 0 aliphatic rings. The molecule has 2 N–H and O–H groups in total. The van der Waals surface area contributed by atoms with Crippen molar-refractivity contribution in [3.63, 3.8) is 0 Å². The molecule has 0 saturated heterocycles. The van der Waals surface area contributed by atoms with E-state index in [-0.39, 0.29) is 0 Å². The van der Waals surface area contributed by atoms with Crippen LogP contribution in [0.3, 0.4) is 0 Å². The number of aromatic nitrogens is 2. The third kappa shape index (κ3) is 5.14. The molecule has 4 rings (SSSR count). The van der Waals surface area contributed by atoms with Gasteiger partial charge in [0.1, 0.15) is 6.33 Å². The second-order valence-corrected chi connectivity index (χ2v) is 7.23. The quantitative estimate of drug-likeness (QED) is 0.378. The number of benzene rings is 3. The fourth-order valence-corrected chi connectivity index (χ4v) is 3.46. The van der Waals surface area contributed by atoms with Crippen molar-refractivity contribution in [1.82, 2.24) is 9.55 Å². The van der Waals surface area contributed by atoms with Crippen LogP contribution in [0.5, 0.6) is 0 Å². The van der Waals surface area contributed by atoms with E-state index in [2.05, 4.69) is 4.98 Å². The summed E-state index contributed by atoms with van der Waals surface area (Å²) in [5.41, 5.74) is 6.01. The maximum atomic E-state index is 10.8. The summed E-state index contributed by atoms with van der Waals surface area (Å²) in [4.78, 5) is 26.2. The van der Waals surface area contributed by atoms with E-state index < -0.39 is 11.9 Å². The summed E-state index contributed by atoms with van der Waals surface area (Å²) in [6, 6.07) is 25.0. The molecule has 33 heavy (non-hydrogen) atoms. The molecule has 0 saturated carbocycles. The molecule has 0 amide bonds. The third-order valence-corrected chi connectivity index (χ3v) is 5.01. The number of hydrogen-bond acceptors (Lipinski definition) is 3. The molecule has 4 aromatic rings. The largest absolute Gasteiger partial charge is 0.478 e. The van der Waals surface area contributed by atoms with Gasteiger partial charge in [0.2, 0.25) is 0 Å². The van der Waals surface area contributed by atoms with Crippen LogP contribution < -0.4 is 0 Å². The van der Waals surface area contributed by atoms with Crippen LogP contribution in [0, 0.1) is 0 Å². The summed E-state index contributed by atoms with van der Waals surface area (Å²) < 4.78 is 2.01. The van der Waals surface area contributed by atoms with Crippen molar-refractivity contribution in [2.24, 2.45) is 0 Å². The zero-order valence-electron chi connectivity index (χ0n) is 17.5. The predicted octanol–water partition coefficient (Wildman–Crippen LogP) is 5.40. The highest BCUT2D eigenvalue weighted by Crippen LogP contribution is 2.33. The van der Waals surface area contributed by atoms with Gasteiger partial charge in [-0.3, -0.25) is 4.57 Å². The monoisotopic (exact) mass is 436 g/mol. The van der Waals surface area contributed by atoms with Crippen LogP contribution >= 0.6 is 0 Å². The highest BCUT2D eigenvalue weighted by atomic mass is 16.4. The molecule has 6 heteroatoms. The first-order valence-electron chi connectivity index (χ1n) is 10.2. The third-order valence-electron chi connectivity index (χ3n) is 5.01. The standard InChI is InChI=1S/C27H20N2O4/c30-24(31)16-10-19-6-12-21(13-7-19)26-27(29(18-28-26)23-4-2-1-3-5-23)22-14-8-20(9-15-22)11-17-25(32)33/h1-18H,(H,30,31)(H,32,33)/b16-10+,17-11+. The Morgan fingerprint density at radius 3 is 1.73 bits per heavy atom. The molecule has 6 nitrogen and oxygen atoms in total. The van der Waals surface area contributed by atoms with Crippen LogP contribution in [0.25, 0.3) is 40.4 Å². The van der Waals surface area contributed by atoms with Gasteiger partial charge in [-0.05, 0) is 35.4 Å². The Hall–Kier alpha value is -4.71. The summed E-state index contributed by atoms with van der Waals surface area (Å²) >= 11 is 0. The van der Waals surface area contributed by atoms with Crippen LogP contribution in [0.15, 0.2) is 97.3 Å². The van der Waals surface area contributed by atoms with Crippen LogP contribution in [-0.4, -0.2) is 31.7 Å². The lowest BCUT2D eigenvalue weighted by Crippen LogP contribution is -1.96. The smallest absolute Gasteiger partial charge is 0.328 e. The van der Waals surface area contributed by atoms with E-state index in [1.54, 1.807) is 18.5 Å². The lowest BCUT2D eigenvalue weighted by atomic mass is 10.0. The average molecular weight is 436 g/mol. The molecule has 0 fully saturated rings. The maximum absolute atomic E-state index is 10.8. The Morgan fingerprint density at radius 2 is 1.21 bits per heavy atom. The molecule has 0 aliphatic heterocycles. The molecular formula is C27H20N2O4. The molecule has 1 aromatic heterocycles. The lowest BCUT2D eigenvalue weighted by Gasteiger charge is -2.11. The number of carbonyl (C=O) groups is 2. The Kier molecular flexibility index (Phi) is 6.27. The lowest BCUT2D eigenvalue weighted by molar-refractivity contribution is -0.132. The predicted molar refractivity (Wildman–Crippen MR) is 128 cm³/mol. The molecule has 0 bridgehead atoms. The minimum atomic E-state index is -0.996. The van der Waals surface area contributed by atoms with Crippen molar-refractivity contribution >= 4 is 24.1 Å². The maximum Gasteiger partial charge on any atom is 0.328 e. The van der Waals surface area contributed by atoms with Crippen molar-refractivity contribution in [2.75, 3.05) is 0 Å². The minimum Gasteiger partial charge on any atom is -0.478 e. The summed E-state index contributed by atoms with van der Waals surface area (Å²) in [5, 5.41) is 17.7. The van der Waals surface area contributed by atoms with Gasteiger partial charge in [0, 0.05) is 29.0 Å². The zero-order chi connectivity index (χ0) is 23.2. The first-order valence-corrected chi connectivity index (χ1v) is 10.2. The van der Waals surface area contributed by atoms with E-state index in [1.165, 1.54) is 0 Å². The van der Waals surface area contributed by atoms with E-state index in [0.717, 1.165) is 51.5 Å². The second kappa shape index (κ2) is 9.62. The first-order chi connectivity index (χ1) is 16.0. The summed E-state index contributed by atoms with van der Waals surface area (Å²) in [7, 11) is 0. The summed E-state index contributed by atoms with van der Waals surface area (Å²) in [6.45, 7) is 0. The van der Waals surface area contributed by atoms with E-state index in [0.29, 0.717) is 0 Å². The average Bonchev–Trinajstić information content (AvgIpc) is 3.28. The zero-order valence-corrected chi connectivity index (χ0v) is 17.5. The van der Waals surface area contributed by atoms with Crippen molar-refractivity contribution in [2.45, 2.75) is 0 Å². The first kappa shape index (κ1) is 21.5. The van der Waals surface area contributed by atoms with Crippen molar-refractivity contribution in [3.8, 4) is 28.2 Å². The fourth-order valence-electron chi connectivity index (χ4n) is 3.46. The molecule has 0 radical (unpaired) electrons. The Morgan fingerprint density at radius 1 is 0.697 bits per heavy atom. The summed E-state index contributed by atoms with van der Waals surface area (Å²) in [6.07, 6.45) is 7.07. The molecular weight excluding hydrogens is 416 g/mol. The number of rotatable bonds is 7. The van der Waals surface area contributed by atoms with E-state index in [4.69, 9.17) is 10.2 Å². The second-order valence-electron chi connectivity index (χ2n) is 7.23. The number of carboxylic acid groups (broad SMARTS) is 2. The van der Waals surface area contributed by atoms with E-state index in [9.17, 15) is 9.59 Å². The number of carboxylic acids is 2. The summed E-state index contributed by atoms with van der Waals surface area (Å²) in [5.74, 6) is -1.99. The molecule has 3 aromatic carbocycles. The van der Waals surface area contributed by atoms with Gasteiger partial charge >= 0.3 is 11.9 Å². The topological polar surface area (TPSA) is 92.4 Å². The van der Waals surface area contributed by atoms with Gasteiger partial charge in [-0.1, -0.05) is 66.7 Å². The van der Waals surface area contributed by atoms with Gasteiger partial charge in [-0.15, -0.1) is 0 Å². The van der Waals surface area contributed by atoms with Crippen molar-refractivity contribution < 1.29 is 19.8 Å². The van der Waals surface area contributed by atoms with Crippen molar-refractivity contribution in [3.05, 3.63) is 108 Å². The van der Waals surface area contributed by atoms with Gasteiger partial charge in [0.05, 0.1) is 11.4 Å². The Balaban J connectivity index is 1.78. The van der Waals surface area contributed by atoms with E-state index >= 15 is 0 Å². The minimum absolute atomic E-state index is 0.778. The van der Waals surface area contributed by atoms with Crippen LogP contribution in [0.1, 0.15) is 11.1 Å². The molecule has 1 heterocycles. The Labute approximate surface area is 190 Å². The van der Waals surface area contributed by atoms with Crippen LogP contribution in [0.2, 0.25) is 0 Å². The van der Waals surface area contributed by atoms with Crippen LogP contribution in [0.4, 0.5) is 0 Å². The molecule has 0 aliphatic carbocycles.